The van der Waals surface area contributed by atoms with Crippen molar-refractivity contribution < 1.29 is 0 Å². The van der Waals surface area contributed by atoms with Gasteiger partial charge < -0.3 is 4.90 Å². The van der Waals surface area contributed by atoms with Crippen molar-refractivity contribution in [2.24, 2.45) is 0 Å². The zero-order valence-electron chi connectivity index (χ0n) is 15.6. The van der Waals surface area contributed by atoms with E-state index in [-0.39, 0.29) is 0 Å². The highest BCUT2D eigenvalue weighted by atomic mass is 79.9. The molecule has 2 heteroatoms. The summed E-state index contributed by atoms with van der Waals surface area (Å²) >= 11 is 3.63. The van der Waals surface area contributed by atoms with Crippen LogP contribution in [0.4, 0.5) is 5.69 Å². The SMILES string of the molecule is CCc1ccccc1N(C)CCCc1cc(Br)ccc1-c1ccccc1. The fraction of sp³-hybridized carbons (Fsp3) is 0.250. The van der Waals surface area contributed by atoms with Crippen molar-refractivity contribution in [1.29, 1.82) is 0 Å². The first-order valence-electron chi connectivity index (χ1n) is 9.32. The van der Waals surface area contributed by atoms with Crippen LogP contribution in [-0.2, 0) is 12.8 Å². The van der Waals surface area contributed by atoms with E-state index in [4.69, 9.17) is 0 Å². The Bertz CT molecular complexity index is 842. The van der Waals surface area contributed by atoms with Crippen LogP contribution < -0.4 is 4.90 Å². The molecular formula is C24H26BrN. The summed E-state index contributed by atoms with van der Waals surface area (Å²) in [5, 5.41) is 0. The Morgan fingerprint density at radius 1 is 0.846 bits per heavy atom. The Hall–Kier alpha value is -2.06. The number of nitrogens with zero attached hydrogens (tertiary/aromatic N) is 1. The number of para-hydroxylation sites is 1. The molecule has 0 N–H and O–H groups in total. The van der Waals surface area contributed by atoms with E-state index in [1.165, 1.54) is 27.9 Å². The van der Waals surface area contributed by atoms with Crippen LogP contribution in [-0.4, -0.2) is 13.6 Å². The number of benzene rings is 3. The Morgan fingerprint density at radius 2 is 1.58 bits per heavy atom. The molecule has 0 bridgehead atoms. The number of anilines is 1. The molecule has 0 amide bonds. The quantitative estimate of drug-likeness (QED) is 0.418. The molecule has 0 aromatic heterocycles. The Morgan fingerprint density at radius 3 is 2.35 bits per heavy atom. The number of halogens is 1. The maximum Gasteiger partial charge on any atom is 0.0396 e. The zero-order valence-corrected chi connectivity index (χ0v) is 17.2. The van der Waals surface area contributed by atoms with Crippen LogP contribution >= 0.6 is 15.9 Å². The van der Waals surface area contributed by atoms with E-state index in [1.54, 1.807) is 0 Å². The molecule has 0 aliphatic rings. The summed E-state index contributed by atoms with van der Waals surface area (Å²) in [6, 6.07) is 26.0. The fourth-order valence-electron chi connectivity index (χ4n) is 3.48. The van der Waals surface area contributed by atoms with Crippen LogP contribution in [0.25, 0.3) is 11.1 Å². The minimum Gasteiger partial charge on any atom is -0.374 e. The lowest BCUT2D eigenvalue weighted by atomic mass is 9.96. The van der Waals surface area contributed by atoms with Crippen molar-refractivity contribution in [3.05, 3.63) is 88.4 Å². The van der Waals surface area contributed by atoms with Gasteiger partial charge in [0, 0.05) is 23.8 Å². The van der Waals surface area contributed by atoms with Crippen molar-refractivity contribution >= 4 is 21.6 Å². The van der Waals surface area contributed by atoms with Gasteiger partial charge in [-0.25, -0.2) is 0 Å². The Balaban J connectivity index is 1.71. The predicted molar refractivity (Wildman–Crippen MR) is 117 cm³/mol. The van der Waals surface area contributed by atoms with Gasteiger partial charge >= 0.3 is 0 Å². The van der Waals surface area contributed by atoms with Crippen LogP contribution in [0.2, 0.25) is 0 Å². The molecule has 3 aromatic rings. The van der Waals surface area contributed by atoms with Crippen LogP contribution in [0.3, 0.4) is 0 Å². The van der Waals surface area contributed by atoms with Gasteiger partial charge in [0.05, 0.1) is 0 Å². The summed E-state index contributed by atoms with van der Waals surface area (Å²) < 4.78 is 1.15. The topological polar surface area (TPSA) is 3.24 Å². The van der Waals surface area contributed by atoms with E-state index in [1.807, 2.05) is 0 Å². The Labute approximate surface area is 165 Å². The molecule has 134 valence electrons. The molecule has 0 saturated carbocycles. The van der Waals surface area contributed by atoms with Crippen LogP contribution in [0.5, 0.6) is 0 Å². The highest BCUT2D eigenvalue weighted by molar-refractivity contribution is 9.10. The van der Waals surface area contributed by atoms with E-state index < -0.39 is 0 Å². The third-order valence-corrected chi connectivity index (χ3v) is 5.37. The second kappa shape index (κ2) is 9.05. The summed E-state index contributed by atoms with van der Waals surface area (Å²) in [7, 11) is 2.20. The largest absolute Gasteiger partial charge is 0.374 e. The first kappa shape index (κ1) is 18.7. The van der Waals surface area contributed by atoms with Crippen molar-refractivity contribution in [1.82, 2.24) is 0 Å². The van der Waals surface area contributed by atoms with Gasteiger partial charge in [0.25, 0.3) is 0 Å². The van der Waals surface area contributed by atoms with E-state index in [0.717, 1.165) is 30.3 Å². The van der Waals surface area contributed by atoms with Gasteiger partial charge in [-0.15, -0.1) is 0 Å². The molecule has 0 heterocycles. The molecular weight excluding hydrogens is 382 g/mol. The highest BCUT2D eigenvalue weighted by Gasteiger charge is 2.08. The average Bonchev–Trinajstić information content (AvgIpc) is 2.68. The van der Waals surface area contributed by atoms with Crippen LogP contribution in [0.1, 0.15) is 24.5 Å². The summed E-state index contributed by atoms with van der Waals surface area (Å²) in [4.78, 5) is 2.39. The number of hydrogen-bond acceptors (Lipinski definition) is 1. The lowest BCUT2D eigenvalue weighted by Gasteiger charge is -2.22. The number of aryl methyl sites for hydroxylation is 2. The molecule has 3 aromatic carbocycles. The van der Waals surface area contributed by atoms with Crippen molar-refractivity contribution in [3.8, 4) is 11.1 Å². The summed E-state index contributed by atoms with van der Waals surface area (Å²) in [6.07, 6.45) is 3.28. The van der Waals surface area contributed by atoms with Gasteiger partial charge in [0.2, 0.25) is 0 Å². The number of hydrogen-bond donors (Lipinski definition) is 0. The summed E-state index contributed by atoms with van der Waals surface area (Å²) in [5.41, 5.74) is 6.81. The highest BCUT2D eigenvalue weighted by Crippen LogP contribution is 2.28. The minimum absolute atomic E-state index is 1.05. The number of rotatable bonds is 7. The molecule has 0 radical (unpaired) electrons. The zero-order chi connectivity index (χ0) is 18.4. The Kier molecular flexibility index (Phi) is 6.51. The maximum atomic E-state index is 3.63. The minimum atomic E-state index is 1.05. The average molecular weight is 408 g/mol. The second-order valence-electron chi connectivity index (χ2n) is 6.67. The smallest absolute Gasteiger partial charge is 0.0396 e. The molecule has 0 unspecified atom stereocenters. The van der Waals surface area contributed by atoms with E-state index in [9.17, 15) is 0 Å². The second-order valence-corrected chi connectivity index (χ2v) is 7.59. The van der Waals surface area contributed by atoms with Gasteiger partial charge in [-0.3, -0.25) is 0 Å². The van der Waals surface area contributed by atoms with Crippen LogP contribution in [0, 0.1) is 0 Å². The van der Waals surface area contributed by atoms with Crippen LogP contribution in [0.15, 0.2) is 77.3 Å². The van der Waals surface area contributed by atoms with Gasteiger partial charge in [-0.1, -0.05) is 77.5 Å². The molecule has 0 saturated heterocycles. The van der Waals surface area contributed by atoms with Crippen molar-refractivity contribution in [3.63, 3.8) is 0 Å². The van der Waals surface area contributed by atoms with E-state index in [0.29, 0.717) is 0 Å². The molecule has 3 rings (SSSR count). The molecule has 0 spiro atoms. The third kappa shape index (κ3) is 4.56. The van der Waals surface area contributed by atoms with Gasteiger partial charge in [-0.05, 0) is 59.7 Å². The molecule has 0 aliphatic heterocycles. The van der Waals surface area contributed by atoms with E-state index >= 15 is 0 Å². The lowest BCUT2D eigenvalue weighted by molar-refractivity contribution is 0.783. The first-order chi connectivity index (χ1) is 12.7. The first-order valence-corrected chi connectivity index (χ1v) is 10.1. The molecule has 1 nitrogen and oxygen atoms in total. The molecule has 0 fully saturated rings. The summed E-state index contributed by atoms with van der Waals surface area (Å²) in [5.74, 6) is 0. The fourth-order valence-corrected chi connectivity index (χ4v) is 3.89. The van der Waals surface area contributed by atoms with Gasteiger partial charge in [-0.2, -0.15) is 0 Å². The predicted octanol–water partition coefficient (Wildman–Crippen LogP) is 6.75. The normalized spacial score (nSPS) is 10.7. The summed E-state index contributed by atoms with van der Waals surface area (Å²) in [6.45, 7) is 3.28. The van der Waals surface area contributed by atoms with Crippen molar-refractivity contribution in [2.75, 3.05) is 18.5 Å². The monoisotopic (exact) mass is 407 g/mol. The lowest BCUT2D eigenvalue weighted by Crippen LogP contribution is -2.20. The van der Waals surface area contributed by atoms with Gasteiger partial charge in [0.15, 0.2) is 0 Å². The molecule has 0 aliphatic carbocycles. The van der Waals surface area contributed by atoms with Crippen molar-refractivity contribution in [2.45, 2.75) is 26.2 Å². The standard InChI is InChI=1S/C24H26BrN/c1-3-19-10-7-8-14-24(19)26(2)17-9-13-21-18-22(25)15-16-23(21)20-11-5-4-6-12-20/h4-8,10-12,14-16,18H,3,9,13,17H2,1-2H3. The maximum absolute atomic E-state index is 3.63. The van der Waals surface area contributed by atoms with Gasteiger partial charge in [0.1, 0.15) is 0 Å². The molecule has 0 atom stereocenters. The molecule has 26 heavy (non-hydrogen) atoms. The third-order valence-electron chi connectivity index (χ3n) is 4.88. The van der Waals surface area contributed by atoms with E-state index in [2.05, 4.69) is 108 Å².